The Labute approximate surface area is 220 Å². The second-order valence-electron chi connectivity index (χ2n) is 10.7. The Bertz CT molecular complexity index is 1210. The monoisotopic (exact) mass is 526 g/mol. The number of nitrogens with zero attached hydrogens (tertiary/aromatic N) is 2. The van der Waals surface area contributed by atoms with E-state index < -0.39 is 22.8 Å². The molecule has 2 aromatic rings. The van der Waals surface area contributed by atoms with E-state index in [2.05, 4.69) is 27.5 Å². The van der Waals surface area contributed by atoms with E-state index >= 15 is 0 Å². The number of benzene rings is 2. The van der Waals surface area contributed by atoms with Gasteiger partial charge >= 0.3 is 6.18 Å². The second kappa shape index (κ2) is 10.2. The number of carbonyl (C=O) groups is 2. The van der Waals surface area contributed by atoms with Crippen LogP contribution in [-0.2, 0) is 21.3 Å². The summed E-state index contributed by atoms with van der Waals surface area (Å²) in [6, 6.07) is 12.5. The van der Waals surface area contributed by atoms with Crippen LogP contribution in [0, 0.1) is 0 Å². The van der Waals surface area contributed by atoms with Crippen molar-refractivity contribution in [2.75, 3.05) is 38.5 Å². The Hall–Kier alpha value is -3.17. The van der Waals surface area contributed by atoms with E-state index in [4.69, 9.17) is 0 Å². The molecular weight excluding hydrogens is 493 g/mol. The molecule has 2 aromatic carbocycles. The van der Waals surface area contributed by atoms with E-state index in [1.807, 2.05) is 24.3 Å². The fourth-order valence-electron chi connectivity index (χ4n) is 5.44. The van der Waals surface area contributed by atoms with Crippen LogP contribution in [0.15, 0.2) is 54.6 Å². The molecule has 9 heteroatoms. The van der Waals surface area contributed by atoms with Crippen molar-refractivity contribution in [3.05, 3.63) is 71.3 Å². The van der Waals surface area contributed by atoms with Crippen molar-refractivity contribution in [1.82, 2.24) is 15.1 Å². The van der Waals surface area contributed by atoms with Crippen LogP contribution in [0.2, 0.25) is 0 Å². The van der Waals surface area contributed by atoms with E-state index in [0.717, 1.165) is 81.7 Å². The first kappa shape index (κ1) is 26.4. The summed E-state index contributed by atoms with van der Waals surface area (Å²) >= 11 is 0. The molecule has 2 N–H and O–H groups in total. The van der Waals surface area contributed by atoms with E-state index in [9.17, 15) is 22.8 Å². The Kier molecular flexibility index (Phi) is 7.09. The van der Waals surface area contributed by atoms with Gasteiger partial charge in [-0.15, -0.1) is 0 Å². The highest BCUT2D eigenvalue weighted by Gasteiger charge is 2.54. The molecule has 1 saturated heterocycles. The highest BCUT2D eigenvalue weighted by atomic mass is 19.4. The lowest BCUT2D eigenvalue weighted by Crippen LogP contribution is -2.54. The SMILES string of the molecule is CN1CCN(C2(C(=O)Nc3ccc(C4(NC(=O)/C=C/c5cccc(C(F)(F)F)c5)CCC4)cc3)CC2)CC1. The van der Waals surface area contributed by atoms with Crippen LogP contribution < -0.4 is 10.6 Å². The van der Waals surface area contributed by atoms with Crippen LogP contribution in [0.1, 0.15) is 48.8 Å². The molecule has 2 amide bonds. The number of alkyl halides is 3. The van der Waals surface area contributed by atoms with E-state index in [-0.39, 0.29) is 11.8 Å². The van der Waals surface area contributed by atoms with Gasteiger partial charge in [0.1, 0.15) is 5.54 Å². The summed E-state index contributed by atoms with van der Waals surface area (Å²) < 4.78 is 38.9. The normalized spacial score (nSPS) is 21.1. The lowest BCUT2D eigenvalue weighted by Gasteiger charge is -2.43. The maximum Gasteiger partial charge on any atom is 0.416 e. The van der Waals surface area contributed by atoms with Gasteiger partial charge in [0.2, 0.25) is 11.8 Å². The molecule has 0 aromatic heterocycles. The third-order valence-electron chi connectivity index (χ3n) is 8.16. The van der Waals surface area contributed by atoms with Gasteiger partial charge in [0, 0.05) is 37.9 Å². The van der Waals surface area contributed by atoms with Gasteiger partial charge in [-0.2, -0.15) is 13.2 Å². The number of likely N-dealkylation sites (N-methyl/N-ethyl adjacent to an activating group) is 1. The first-order chi connectivity index (χ1) is 18.1. The Morgan fingerprint density at radius 3 is 2.21 bits per heavy atom. The third kappa shape index (κ3) is 5.49. The molecule has 3 fully saturated rings. The highest BCUT2D eigenvalue weighted by molar-refractivity contribution is 6.00. The Balaban J connectivity index is 1.21. The minimum absolute atomic E-state index is 0.0428. The van der Waals surface area contributed by atoms with Crippen LogP contribution in [0.25, 0.3) is 6.08 Å². The summed E-state index contributed by atoms with van der Waals surface area (Å²) in [5.74, 6) is -0.316. The zero-order valence-electron chi connectivity index (χ0n) is 21.5. The first-order valence-corrected chi connectivity index (χ1v) is 13.1. The first-order valence-electron chi connectivity index (χ1n) is 13.1. The Morgan fingerprint density at radius 1 is 0.947 bits per heavy atom. The maximum absolute atomic E-state index is 13.1. The number of piperazine rings is 1. The van der Waals surface area contributed by atoms with E-state index in [0.29, 0.717) is 5.56 Å². The van der Waals surface area contributed by atoms with E-state index in [1.165, 1.54) is 24.3 Å². The molecular formula is C29H33F3N4O2. The van der Waals surface area contributed by atoms with Crippen LogP contribution >= 0.6 is 0 Å². The summed E-state index contributed by atoms with van der Waals surface area (Å²) in [6.07, 6.45) is 2.50. The molecule has 6 nitrogen and oxygen atoms in total. The molecule has 202 valence electrons. The topological polar surface area (TPSA) is 64.7 Å². The number of carbonyl (C=O) groups excluding carboxylic acids is 2. The number of halogens is 3. The van der Waals surface area contributed by atoms with E-state index in [1.54, 1.807) is 0 Å². The number of anilines is 1. The summed E-state index contributed by atoms with van der Waals surface area (Å²) in [6.45, 7) is 3.72. The van der Waals surface area contributed by atoms with Gasteiger partial charge in [-0.05, 0) is 80.6 Å². The van der Waals surface area contributed by atoms with Crippen molar-refractivity contribution in [2.24, 2.45) is 0 Å². The predicted molar refractivity (Wildman–Crippen MR) is 140 cm³/mol. The van der Waals surface area contributed by atoms with Crippen molar-refractivity contribution < 1.29 is 22.8 Å². The second-order valence-corrected chi connectivity index (χ2v) is 10.7. The molecule has 2 saturated carbocycles. The zero-order valence-corrected chi connectivity index (χ0v) is 21.5. The van der Waals surface area contributed by atoms with Crippen molar-refractivity contribution >= 4 is 23.6 Å². The third-order valence-corrected chi connectivity index (χ3v) is 8.16. The molecule has 0 atom stereocenters. The fraction of sp³-hybridized carbons (Fsp3) is 0.448. The summed E-state index contributed by atoms with van der Waals surface area (Å²) in [7, 11) is 2.10. The van der Waals surface area contributed by atoms with Gasteiger partial charge in [0.15, 0.2) is 0 Å². The molecule has 2 aliphatic carbocycles. The molecule has 0 radical (unpaired) electrons. The van der Waals surface area contributed by atoms with Crippen LogP contribution in [0.5, 0.6) is 0 Å². The molecule has 3 aliphatic rings. The number of amides is 2. The number of hydrogen-bond donors (Lipinski definition) is 2. The lowest BCUT2D eigenvalue weighted by atomic mass is 9.71. The molecule has 1 heterocycles. The number of nitrogens with one attached hydrogen (secondary N) is 2. The van der Waals surface area contributed by atoms with Crippen molar-refractivity contribution in [3.63, 3.8) is 0 Å². The Morgan fingerprint density at radius 2 is 1.63 bits per heavy atom. The average Bonchev–Trinajstić information content (AvgIpc) is 3.68. The van der Waals surface area contributed by atoms with Crippen LogP contribution in [-0.4, -0.2) is 60.4 Å². The molecule has 38 heavy (non-hydrogen) atoms. The molecule has 0 bridgehead atoms. The van der Waals surface area contributed by atoms with Gasteiger partial charge in [-0.3, -0.25) is 14.5 Å². The fourth-order valence-corrected chi connectivity index (χ4v) is 5.44. The number of rotatable bonds is 7. The minimum Gasteiger partial charge on any atom is -0.343 e. The lowest BCUT2D eigenvalue weighted by molar-refractivity contribution is -0.137. The van der Waals surface area contributed by atoms with Gasteiger partial charge in [0.25, 0.3) is 0 Å². The van der Waals surface area contributed by atoms with Crippen molar-refractivity contribution in [1.29, 1.82) is 0 Å². The smallest absolute Gasteiger partial charge is 0.343 e. The largest absolute Gasteiger partial charge is 0.416 e. The molecule has 5 rings (SSSR count). The predicted octanol–water partition coefficient (Wildman–Crippen LogP) is 4.63. The van der Waals surface area contributed by atoms with Crippen LogP contribution in [0.4, 0.5) is 18.9 Å². The van der Waals surface area contributed by atoms with Gasteiger partial charge in [-0.25, -0.2) is 0 Å². The van der Waals surface area contributed by atoms with Crippen molar-refractivity contribution in [2.45, 2.75) is 49.4 Å². The zero-order chi connectivity index (χ0) is 27.0. The van der Waals surface area contributed by atoms with Gasteiger partial charge in [0.05, 0.1) is 11.1 Å². The number of hydrogen-bond acceptors (Lipinski definition) is 4. The molecule has 0 unspecified atom stereocenters. The summed E-state index contributed by atoms with van der Waals surface area (Å²) in [4.78, 5) is 30.4. The standard InChI is InChI=1S/C29H33F3N4O2/c1-35-16-18-36(19-17-35)28(14-15-28)26(38)33-24-9-7-22(8-10-24)27(12-3-13-27)34-25(37)11-6-21-4-2-5-23(20-21)29(30,31)32/h2,4-11,20H,3,12-19H2,1H3,(H,33,38)(H,34,37)/b11-6+. The summed E-state index contributed by atoms with van der Waals surface area (Å²) in [5, 5.41) is 6.15. The molecule has 0 spiro atoms. The summed E-state index contributed by atoms with van der Waals surface area (Å²) in [5.41, 5.74) is 0.318. The van der Waals surface area contributed by atoms with Gasteiger partial charge < -0.3 is 15.5 Å². The highest BCUT2D eigenvalue weighted by Crippen LogP contribution is 2.44. The quantitative estimate of drug-likeness (QED) is 0.517. The van der Waals surface area contributed by atoms with Gasteiger partial charge in [-0.1, -0.05) is 24.3 Å². The maximum atomic E-state index is 13.1. The van der Waals surface area contributed by atoms with Crippen LogP contribution in [0.3, 0.4) is 0 Å². The minimum atomic E-state index is -4.43. The average molecular weight is 527 g/mol. The molecule has 1 aliphatic heterocycles. The van der Waals surface area contributed by atoms with Crippen molar-refractivity contribution in [3.8, 4) is 0 Å².